The monoisotopic (exact) mass is 714 g/mol. The first kappa shape index (κ1) is 33.5. The number of nitrogens with zero attached hydrogens (tertiary/aromatic N) is 2. The molecule has 2 heterocycles. The number of rotatable bonds is 7. The quantitative estimate of drug-likeness (QED) is 0.153. The Balaban J connectivity index is 1.00. The van der Waals surface area contributed by atoms with Gasteiger partial charge in [-0.1, -0.05) is 110 Å². The van der Waals surface area contributed by atoms with Crippen molar-refractivity contribution in [2.45, 2.75) is 57.8 Å². The molecule has 10 rings (SSSR count). The first-order valence-electron chi connectivity index (χ1n) is 20.2. The zero-order valence-electron chi connectivity index (χ0n) is 31.4. The molecule has 0 radical (unpaired) electrons. The molecule has 0 spiro atoms. The first-order chi connectivity index (χ1) is 27.3. The molecule has 4 aliphatic rings. The number of allylic oxidation sites excluding steroid dienone is 8. The van der Waals surface area contributed by atoms with E-state index in [9.17, 15) is 0 Å². The van der Waals surface area contributed by atoms with E-state index in [0.717, 1.165) is 44.3 Å². The predicted octanol–water partition coefficient (Wildman–Crippen LogP) is 13.6. The summed E-state index contributed by atoms with van der Waals surface area (Å²) in [6.07, 6.45) is 24.0. The van der Waals surface area contributed by atoms with E-state index < -0.39 is 0 Å². The topological polar surface area (TPSA) is 17.4 Å². The highest BCUT2D eigenvalue weighted by molar-refractivity contribution is 5.95. The minimum absolute atomic E-state index is 0.652. The molecule has 3 heteroatoms. The van der Waals surface area contributed by atoms with Gasteiger partial charge in [0.05, 0.1) is 5.52 Å². The van der Waals surface area contributed by atoms with Crippen molar-refractivity contribution in [3.8, 4) is 16.9 Å². The normalized spacial score (nSPS) is 16.5. The number of ether oxygens (including phenoxy) is 1. The van der Waals surface area contributed by atoms with E-state index in [4.69, 9.17) is 4.74 Å². The van der Waals surface area contributed by atoms with Crippen molar-refractivity contribution in [2.75, 3.05) is 11.5 Å². The fraction of sp³-hybridized carbons (Fsp3) is 0.192. The second-order valence-corrected chi connectivity index (χ2v) is 15.3. The maximum absolute atomic E-state index is 6.09. The van der Waals surface area contributed by atoms with E-state index in [1.807, 2.05) is 0 Å². The maximum Gasteiger partial charge on any atom is 0.127 e. The van der Waals surface area contributed by atoms with Gasteiger partial charge in [0.2, 0.25) is 0 Å². The average molecular weight is 715 g/mol. The van der Waals surface area contributed by atoms with Crippen molar-refractivity contribution in [3.63, 3.8) is 0 Å². The molecule has 0 atom stereocenters. The summed E-state index contributed by atoms with van der Waals surface area (Å²) in [5.74, 6) is 1.02. The third-order valence-corrected chi connectivity index (χ3v) is 11.9. The summed E-state index contributed by atoms with van der Waals surface area (Å²) >= 11 is 0. The largest absolute Gasteiger partial charge is 0.489 e. The Hall–Kier alpha value is -6.06. The number of hydrogen-bond donors (Lipinski definition) is 0. The smallest absolute Gasteiger partial charge is 0.127 e. The van der Waals surface area contributed by atoms with E-state index in [1.165, 1.54) is 103 Å². The van der Waals surface area contributed by atoms with Crippen LogP contribution in [0.25, 0.3) is 44.9 Å². The Morgan fingerprint density at radius 1 is 0.582 bits per heavy atom. The van der Waals surface area contributed by atoms with Crippen LogP contribution in [-0.2, 0) is 12.8 Å². The lowest BCUT2D eigenvalue weighted by atomic mass is 9.94. The van der Waals surface area contributed by atoms with Gasteiger partial charge < -0.3 is 14.2 Å². The molecule has 1 aromatic heterocycles. The number of benzene rings is 5. The lowest BCUT2D eigenvalue weighted by Crippen LogP contribution is -2.18. The molecule has 0 saturated carbocycles. The van der Waals surface area contributed by atoms with Gasteiger partial charge in [-0.05, 0) is 145 Å². The second kappa shape index (κ2) is 14.6. The Morgan fingerprint density at radius 2 is 1.27 bits per heavy atom. The fourth-order valence-electron chi connectivity index (χ4n) is 9.14. The van der Waals surface area contributed by atoms with Crippen LogP contribution in [0.1, 0.15) is 72.9 Å². The predicted molar refractivity (Wildman–Crippen MR) is 231 cm³/mol. The van der Waals surface area contributed by atoms with Crippen molar-refractivity contribution in [1.82, 2.24) is 4.57 Å². The van der Waals surface area contributed by atoms with Crippen LogP contribution in [-0.4, -0.2) is 11.2 Å². The molecular weight excluding hydrogens is 669 g/mol. The zero-order valence-corrected chi connectivity index (χ0v) is 31.4. The summed E-state index contributed by atoms with van der Waals surface area (Å²) in [6, 6.07) is 44.5. The highest BCUT2D eigenvalue weighted by Crippen LogP contribution is 2.42. The molecule has 6 aromatic rings. The van der Waals surface area contributed by atoms with Gasteiger partial charge in [-0.25, -0.2) is 0 Å². The molecule has 5 aromatic carbocycles. The SMILES string of the molecule is C1=Cc2cc3c(cc2OC1)c1c(n3C2=CCCC(c3ccc(N(C4=CC=C(c5ccccc5)CC4)c4ccc(-c5ccccc5)cc4)cc3)=C2)CCCCC1. The van der Waals surface area contributed by atoms with Crippen LogP contribution >= 0.6 is 0 Å². The van der Waals surface area contributed by atoms with Gasteiger partial charge in [0.1, 0.15) is 12.4 Å². The van der Waals surface area contributed by atoms with Crippen LogP contribution in [0.3, 0.4) is 0 Å². The summed E-state index contributed by atoms with van der Waals surface area (Å²) in [7, 11) is 0. The van der Waals surface area contributed by atoms with E-state index in [-0.39, 0.29) is 0 Å². The standard InChI is InChI=1S/C52H46N2O/c1-4-12-37(13-5-1)39-21-27-44(28-22-39)53(45-29-23-40(24-30-45)38-14-6-2-7-15-38)46-31-25-41(26-32-46)42-16-10-18-47(34-42)54-50-20-9-3-8-19-48(50)49-36-52-43(35-51(49)54)17-11-33-55-52/h1-2,4-7,11-15,17-18,21-23,25-29,31-32,34-36H,3,8-10,16,19-20,24,30,33H2. The molecule has 0 unspecified atom stereocenters. The fourth-order valence-corrected chi connectivity index (χ4v) is 9.14. The zero-order chi connectivity index (χ0) is 36.6. The van der Waals surface area contributed by atoms with Gasteiger partial charge in [0.15, 0.2) is 0 Å². The van der Waals surface area contributed by atoms with Crippen molar-refractivity contribution < 1.29 is 4.74 Å². The molecule has 1 aliphatic heterocycles. The van der Waals surface area contributed by atoms with Crippen molar-refractivity contribution >= 4 is 45.2 Å². The van der Waals surface area contributed by atoms with Crippen LogP contribution < -0.4 is 9.64 Å². The van der Waals surface area contributed by atoms with E-state index in [1.54, 1.807) is 0 Å². The summed E-state index contributed by atoms with van der Waals surface area (Å²) in [5, 5.41) is 1.37. The number of aryl methyl sites for hydroxylation is 1. The molecular formula is C52H46N2O. The van der Waals surface area contributed by atoms with Crippen molar-refractivity contribution in [1.29, 1.82) is 0 Å². The van der Waals surface area contributed by atoms with E-state index >= 15 is 0 Å². The average Bonchev–Trinajstić information content (AvgIpc) is 3.36. The summed E-state index contributed by atoms with van der Waals surface area (Å²) in [4.78, 5) is 2.46. The summed E-state index contributed by atoms with van der Waals surface area (Å²) in [6.45, 7) is 0.652. The van der Waals surface area contributed by atoms with Crippen LogP contribution in [0.5, 0.6) is 5.75 Å². The number of anilines is 2. The number of hydrogen-bond acceptors (Lipinski definition) is 2. The number of aromatic nitrogens is 1. The number of fused-ring (bicyclic) bond motifs is 4. The van der Waals surface area contributed by atoms with Crippen LogP contribution in [0.2, 0.25) is 0 Å². The molecule has 0 amide bonds. The van der Waals surface area contributed by atoms with Crippen LogP contribution in [0.15, 0.2) is 157 Å². The van der Waals surface area contributed by atoms with Crippen molar-refractivity contribution in [3.05, 3.63) is 185 Å². The van der Waals surface area contributed by atoms with Gasteiger partial charge in [-0.15, -0.1) is 0 Å². The second-order valence-electron chi connectivity index (χ2n) is 15.3. The molecule has 0 saturated heterocycles. The molecule has 3 nitrogen and oxygen atoms in total. The molecule has 3 aliphatic carbocycles. The van der Waals surface area contributed by atoms with Crippen LogP contribution in [0, 0.1) is 0 Å². The highest BCUT2D eigenvalue weighted by Gasteiger charge is 2.24. The Morgan fingerprint density at radius 3 is 2.02 bits per heavy atom. The molecule has 55 heavy (non-hydrogen) atoms. The van der Waals surface area contributed by atoms with E-state index in [0.29, 0.717) is 6.61 Å². The van der Waals surface area contributed by atoms with Gasteiger partial charge in [-0.2, -0.15) is 0 Å². The lowest BCUT2D eigenvalue weighted by Gasteiger charge is -2.30. The minimum atomic E-state index is 0.652. The van der Waals surface area contributed by atoms with Crippen molar-refractivity contribution in [2.24, 2.45) is 0 Å². The van der Waals surface area contributed by atoms with Gasteiger partial charge >= 0.3 is 0 Å². The summed E-state index contributed by atoms with van der Waals surface area (Å²) in [5.41, 5.74) is 18.4. The Labute approximate surface area is 324 Å². The molecule has 0 fully saturated rings. The Bertz CT molecular complexity index is 2530. The van der Waals surface area contributed by atoms with Gasteiger partial charge in [0, 0.05) is 39.4 Å². The molecule has 270 valence electrons. The van der Waals surface area contributed by atoms with Crippen LogP contribution in [0.4, 0.5) is 11.4 Å². The lowest BCUT2D eigenvalue weighted by molar-refractivity contribution is 0.359. The third kappa shape index (κ3) is 6.48. The molecule has 0 bridgehead atoms. The first-order valence-corrected chi connectivity index (χ1v) is 20.2. The van der Waals surface area contributed by atoms with E-state index in [2.05, 4.69) is 167 Å². The third-order valence-electron chi connectivity index (χ3n) is 11.9. The minimum Gasteiger partial charge on any atom is -0.489 e. The van der Waals surface area contributed by atoms with Gasteiger partial charge in [0.25, 0.3) is 0 Å². The van der Waals surface area contributed by atoms with Gasteiger partial charge in [-0.3, -0.25) is 0 Å². The summed E-state index contributed by atoms with van der Waals surface area (Å²) < 4.78 is 8.69. The highest BCUT2D eigenvalue weighted by atomic mass is 16.5. The maximum atomic E-state index is 6.09. The molecule has 0 N–H and O–H groups in total. The Kier molecular flexibility index (Phi) is 8.92.